The van der Waals surface area contributed by atoms with Crippen LogP contribution in [0.25, 0.3) is 0 Å². The van der Waals surface area contributed by atoms with E-state index in [4.69, 9.17) is 0 Å². The van der Waals surface area contributed by atoms with Crippen LogP contribution in [0.5, 0.6) is 0 Å². The number of nitrogens with zero attached hydrogens (tertiary/aromatic N) is 3. The Morgan fingerprint density at radius 3 is 2.55 bits per heavy atom. The molecule has 7 heteroatoms. The summed E-state index contributed by atoms with van der Waals surface area (Å²) in [4.78, 5) is 44.9. The number of amides is 3. The summed E-state index contributed by atoms with van der Waals surface area (Å²) in [6.07, 6.45) is 10.4. The second kappa shape index (κ2) is 8.93. The molecule has 0 aromatic carbocycles. The van der Waals surface area contributed by atoms with Gasteiger partial charge in [-0.1, -0.05) is 25.7 Å². The molecule has 1 atom stereocenters. The lowest BCUT2D eigenvalue weighted by Gasteiger charge is -2.44. The standard InChI is InChI=1S/C22H30N4O3/c27-20(6-5-16-3-1-2-4-16)25-14-19(15-25)26-13-18(11-21(26)28)22(29)24-12-17-7-9-23-10-8-17/h7-10,16,18-19H,1-6,11-15H2,(H,24,29). The van der Waals surface area contributed by atoms with Gasteiger partial charge >= 0.3 is 0 Å². The molecule has 3 heterocycles. The van der Waals surface area contributed by atoms with Crippen molar-refractivity contribution in [3.8, 4) is 0 Å². The normalized spacial score (nSPS) is 22.8. The number of pyridine rings is 1. The van der Waals surface area contributed by atoms with Crippen LogP contribution in [-0.2, 0) is 20.9 Å². The van der Waals surface area contributed by atoms with Gasteiger partial charge in [0.2, 0.25) is 17.7 Å². The maximum Gasteiger partial charge on any atom is 0.225 e. The van der Waals surface area contributed by atoms with Crippen LogP contribution in [0.1, 0.15) is 50.5 Å². The van der Waals surface area contributed by atoms with Crippen molar-refractivity contribution in [1.82, 2.24) is 20.1 Å². The van der Waals surface area contributed by atoms with Gasteiger partial charge in [-0.2, -0.15) is 0 Å². The Morgan fingerprint density at radius 2 is 1.83 bits per heavy atom. The Kier molecular flexibility index (Phi) is 6.11. The third-order valence-corrected chi connectivity index (χ3v) is 6.64. The number of nitrogens with one attached hydrogen (secondary N) is 1. The van der Waals surface area contributed by atoms with Crippen LogP contribution < -0.4 is 5.32 Å². The molecule has 1 aromatic rings. The van der Waals surface area contributed by atoms with E-state index in [0.29, 0.717) is 32.6 Å². The Labute approximate surface area is 171 Å². The van der Waals surface area contributed by atoms with Gasteiger partial charge in [0.15, 0.2) is 0 Å². The van der Waals surface area contributed by atoms with Gasteiger partial charge in [0, 0.05) is 51.4 Å². The van der Waals surface area contributed by atoms with Gasteiger partial charge in [-0.15, -0.1) is 0 Å². The van der Waals surface area contributed by atoms with Crippen molar-refractivity contribution in [2.75, 3.05) is 19.6 Å². The van der Waals surface area contributed by atoms with Crippen LogP contribution in [-0.4, -0.2) is 58.2 Å². The molecule has 0 bridgehead atoms. The first-order valence-corrected chi connectivity index (χ1v) is 10.8. The van der Waals surface area contributed by atoms with E-state index in [-0.39, 0.29) is 36.1 Å². The maximum absolute atomic E-state index is 12.5. The zero-order valence-corrected chi connectivity index (χ0v) is 16.9. The smallest absolute Gasteiger partial charge is 0.225 e. The van der Waals surface area contributed by atoms with Crippen LogP contribution in [0, 0.1) is 11.8 Å². The third-order valence-electron chi connectivity index (χ3n) is 6.64. The van der Waals surface area contributed by atoms with Crippen molar-refractivity contribution >= 4 is 17.7 Å². The molecule has 1 aromatic heterocycles. The first kappa shape index (κ1) is 19.9. The monoisotopic (exact) mass is 398 g/mol. The SMILES string of the molecule is O=C(NCc1ccncc1)C1CC(=O)N(C2CN(C(=O)CCC3CCCC3)C2)C1. The molecule has 3 amide bonds. The fourth-order valence-corrected chi connectivity index (χ4v) is 4.74. The van der Waals surface area contributed by atoms with E-state index in [2.05, 4.69) is 10.3 Å². The molecule has 0 spiro atoms. The number of aromatic nitrogens is 1. The number of rotatable bonds is 7. The molecular weight excluding hydrogens is 368 g/mol. The minimum absolute atomic E-state index is 0.0251. The predicted octanol–water partition coefficient (Wildman–Crippen LogP) is 1.73. The fourth-order valence-electron chi connectivity index (χ4n) is 4.74. The molecule has 2 saturated heterocycles. The van der Waals surface area contributed by atoms with Gasteiger partial charge in [0.05, 0.1) is 12.0 Å². The second-order valence-corrected chi connectivity index (χ2v) is 8.66. The molecule has 0 radical (unpaired) electrons. The predicted molar refractivity (Wildman–Crippen MR) is 107 cm³/mol. The second-order valence-electron chi connectivity index (χ2n) is 8.66. The van der Waals surface area contributed by atoms with Crippen molar-refractivity contribution in [2.24, 2.45) is 11.8 Å². The summed E-state index contributed by atoms with van der Waals surface area (Å²) in [5.74, 6) is 0.573. The van der Waals surface area contributed by atoms with E-state index in [1.165, 1.54) is 25.7 Å². The van der Waals surface area contributed by atoms with Crippen molar-refractivity contribution in [3.05, 3.63) is 30.1 Å². The highest BCUT2D eigenvalue weighted by molar-refractivity contribution is 5.89. The van der Waals surface area contributed by atoms with Crippen molar-refractivity contribution < 1.29 is 14.4 Å². The van der Waals surface area contributed by atoms with Crippen molar-refractivity contribution in [1.29, 1.82) is 0 Å². The molecule has 4 rings (SSSR count). The van der Waals surface area contributed by atoms with E-state index in [9.17, 15) is 14.4 Å². The average Bonchev–Trinajstić information content (AvgIpc) is 3.34. The third kappa shape index (κ3) is 4.77. The van der Waals surface area contributed by atoms with E-state index in [1.54, 1.807) is 17.3 Å². The average molecular weight is 399 g/mol. The van der Waals surface area contributed by atoms with Gasteiger partial charge < -0.3 is 15.1 Å². The molecule has 1 N–H and O–H groups in total. The Bertz CT molecular complexity index is 742. The van der Waals surface area contributed by atoms with Gasteiger partial charge in [0.1, 0.15) is 0 Å². The van der Waals surface area contributed by atoms with Crippen LogP contribution in [0.3, 0.4) is 0 Å². The molecule has 2 aliphatic heterocycles. The zero-order chi connectivity index (χ0) is 20.2. The summed E-state index contributed by atoms with van der Waals surface area (Å²) in [5.41, 5.74) is 0.986. The summed E-state index contributed by atoms with van der Waals surface area (Å²) >= 11 is 0. The van der Waals surface area contributed by atoms with Gasteiger partial charge in [-0.3, -0.25) is 19.4 Å². The minimum Gasteiger partial charge on any atom is -0.352 e. The lowest BCUT2D eigenvalue weighted by Crippen LogP contribution is -2.61. The molecule has 3 fully saturated rings. The van der Waals surface area contributed by atoms with E-state index in [0.717, 1.165) is 17.9 Å². The van der Waals surface area contributed by atoms with Crippen LogP contribution >= 0.6 is 0 Å². The van der Waals surface area contributed by atoms with Crippen molar-refractivity contribution in [2.45, 2.75) is 57.5 Å². The molecular formula is C22H30N4O3. The summed E-state index contributed by atoms with van der Waals surface area (Å²) in [5, 5.41) is 2.92. The van der Waals surface area contributed by atoms with Gasteiger partial charge in [0.25, 0.3) is 0 Å². The van der Waals surface area contributed by atoms with Crippen LogP contribution in [0.15, 0.2) is 24.5 Å². The lowest BCUT2D eigenvalue weighted by atomic mass is 10.00. The van der Waals surface area contributed by atoms with E-state index in [1.807, 2.05) is 17.0 Å². The Hall–Kier alpha value is -2.44. The summed E-state index contributed by atoms with van der Waals surface area (Å²) in [6, 6.07) is 3.79. The minimum atomic E-state index is -0.309. The number of likely N-dealkylation sites (tertiary alicyclic amines) is 2. The maximum atomic E-state index is 12.5. The zero-order valence-electron chi connectivity index (χ0n) is 16.9. The molecule has 1 unspecified atom stereocenters. The summed E-state index contributed by atoms with van der Waals surface area (Å²) in [6.45, 7) is 2.12. The molecule has 156 valence electrons. The molecule has 1 aliphatic carbocycles. The van der Waals surface area contributed by atoms with E-state index < -0.39 is 0 Å². The molecule has 29 heavy (non-hydrogen) atoms. The highest BCUT2D eigenvalue weighted by Gasteiger charge is 2.43. The lowest BCUT2D eigenvalue weighted by molar-refractivity contribution is -0.144. The van der Waals surface area contributed by atoms with Gasteiger partial charge in [-0.25, -0.2) is 0 Å². The summed E-state index contributed by atoms with van der Waals surface area (Å²) < 4.78 is 0. The number of carbonyl (C=O) groups excluding carboxylic acids is 3. The van der Waals surface area contributed by atoms with Crippen molar-refractivity contribution in [3.63, 3.8) is 0 Å². The summed E-state index contributed by atoms with van der Waals surface area (Å²) in [7, 11) is 0. The number of carbonyl (C=O) groups is 3. The Balaban J connectivity index is 1.19. The quantitative estimate of drug-likeness (QED) is 0.758. The first-order chi connectivity index (χ1) is 14.1. The largest absolute Gasteiger partial charge is 0.352 e. The molecule has 3 aliphatic rings. The van der Waals surface area contributed by atoms with Gasteiger partial charge in [-0.05, 0) is 30.0 Å². The topological polar surface area (TPSA) is 82.6 Å². The highest BCUT2D eigenvalue weighted by atomic mass is 16.2. The fraction of sp³-hybridized carbons (Fsp3) is 0.636. The molecule has 1 saturated carbocycles. The number of hydrogen-bond acceptors (Lipinski definition) is 4. The van der Waals surface area contributed by atoms with E-state index >= 15 is 0 Å². The molecule has 7 nitrogen and oxygen atoms in total. The highest BCUT2D eigenvalue weighted by Crippen LogP contribution is 2.30. The first-order valence-electron chi connectivity index (χ1n) is 10.8. The number of hydrogen-bond donors (Lipinski definition) is 1. The Morgan fingerprint density at radius 1 is 1.10 bits per heavy atom. The van der Waals surface area contributed by atoms with Crippen LogP contribution in [0.4, 0.5) is 0 Å². The van der Waals surface area contributed by atoms with Crippen LogP contribution in [0.2, 0.25) is 0 Å².